The molecule has 0 aromatic carbocycles. The number of nitrogens with two attached hydrogens (primary N) is 2. The lowest BCUT2D eigenvalue weighted by atomic mass is 9.92. The average molecular weight is 546 g/mol. The molecule has 1 aliphatic heterocycles. The number of nitrogen functional groups attached to an aromatic ring is 1. The SMILES string of the molecule is C[C@H]1CN(c2ccncc2NC(=O)c2c(N)oc3cc(C(F)(F)F)cnc23)C[C@@H](N)[C@@H]1OC(=O)C(F)(F)F. The number of ether oxygens (including phenoxy) is 1. The smallest absolute Gasteiger partial charge is 0.454 e. The van der Waals surface area contributed by atoms with Gasteiger partial charge in [-0.1, -0.05) is 6.92 Å². The van der Waals surface area contributed by atoms with Crippen molar-refractivity contribution in [2.24, 2.45) is 11.7 Å². The summed E-state index contributed by atoms with van der Waals surface area (Å²) < 4.78 is 86.6. The van der Waals surface area contributed by atoms with Gasteiger partial charge in [-0.25, -0.2) is 4.79 Å². The zero-order chi connectivity index (χ0) is 28.0. The number of halogens is 6. The minimum atomic E-state index is -5.17. The number of hydrogen-bond acceptors (Lipinski definition) is 9. The van der Waals surface area contributed by atoms with E-state index in [1.54, 1.807) is 11.8 Å². The Labute approximate surface area is 209 Å². The summed E-state index contributed by atoms with van der Waals surface area (Å²) in [5.74, 6) is -4.27. The van der Waals surface area contributed by atoms with Crippen LogP contribution in [0.25, 0.3) is 11.1 Å². The molecule has 4 rings (SSSR count). The summed E-state index contributed by atoms with van der Waals surface area (Å²) in [6.07, 6.45) is -7.83. The predicted molar refractivity (Wildman–Crippen MR) is 121 cm³/mol. The highest BCUT2D eigenvalue weighted by molar-refractivity contribution is 6.15. The van der Waals surface area contributed by atoms with Gasteiger partial charge < -0.3 is 30.8 Å². The molecule has 5 N–H and O–H groups in total. The van der Waals surface area contributed by atoms with Crippen molar-refractivity contribution in [2.45, 2.75) is 31.4 Å². The third kappa shape index (κ3) is 5.29. The van der Waals surface area contributed by atoms with E-state index in [1.165, 1.54) is 18.5 Å². The lowest BCUT2D eigenvalue weighted by Crippen LogP contribution is -2.58. The van der Waals surface area contributed by atoms with E-state index in [-0.39, 0.29) is 35.4 Å². The van der Waals surface area contributed by atoms with Crippen molar-refractivity contribution in [1.82, 2.24) is 9.97 Å². The lowest BCUT2D eigenvalue weighted by Gasteiger charge is -2.42. The number of furan rings is 1. The third-order valence-electron chi connectivity index (χ3n) is 5.89. The number of pyridine rings is 2. The number of nitrogens with one attached hydrogen (secondary N) is 1. The Kier molecular flexibility index (Phi) is 6.86. The Bertz CT molecular complexity index is 1360. The molecule has 16 heteroatoms. The van der Waals surface area contributed by atoms with Crippen LogP contribution in [0.3, 0.4) is 0 Å². The fraction of sp³-hybridized carbons (Fsp3) is 0.364. The van der Waals surface area contributed by atoms with Gasteiger partial charge in [-0.3, -0.25) is 14.8 Å². The van der Waals surface area contributed by atoms with Crippen LogP contribution in [0.2, 0.25) is 0 Å². The molecule has 4 heterocycles. The van der Waals surface area contributed by atoms with Gasteiger partial charge in [0.1, 0.15) is 17.2 Å². The molecule has 3 aromatic heterocycles. The topological polar surface area (TPSA) is 150 Å². The summed E-state index contributed by atoms with van der Waals surface area (Å²) in [4.78, 5) is 33.7. The van der Waals surface area contributed by atoms with Crippen molar-refractivity contribution in [3.8, 4) is 0 Å². The second-order valence-corrected chi connectivity index (χ2v) is 8.67. The Balaban J connectivity index is 1.56. The number of fused-ring (bicyclic) bond motifs is 1. The molecule has 0 spiro atoms. The third-order valence-corrected chi connectivity index (χ3v) is 5.89. The number of carbonyl (C=O) groups is 2. The Morgan fingerprint density at radius 1 is 1.18 bits per heavy atom. The summed E-state index contributed by atoms with van der Waals surface area (Å²) in [6.45, 7) is 1.62. The number of rotatable bonds is 4. The monoisotopic (exact) mass is 546 g/mol. The molecule has 3 atom stereocenters. The number of nitrogens with zero attached hydrogens (tertiary/aromatic N) is 3. The summed E-state index contributed by atoms with van der Waals surface area (Å²) >= 11 is 0. The van der Waals surface area contributed by atoms with Gasteiger partial charge >= 0.3 is 18.3 Å². The Morgan fingerprint density at radius 2 is 1.89 bits per heavy atom. The molecule has 1 aliphatic rings. The first-order chi connectivity index (χ1) is 17.7. The molecule has 1 saturated heterocycles. The number of carbonyl (C=O) groups excluding carboxylic acids is 2. The van der Waals surface area contributed by atoms with E-state index in [4.69, 9.17) is 15.9 Å². The summed E-state index contributed by atoms with van der Waals surface area (Å²) in [6, 6.07) is 1.19. The van der Waals surface area contributed by atoms with Gasteiger partial charge in [0.25, 0.3) is 5.91 Å². The van der Waals surface area contributed by atoms with Crippen molar-refractivity contribution >= 4 is 40.2 Å². The van der Waals surface area contributed by atoms with Gasteiger partial charge in [-0.2, -0.15) is 26.3 Å². The number of aromatic nitrogens is 2. The molecule has 0 unspecified atom stereocenters. The standard InChI is InChI=1S/C22H20F6N6O4/c1-9-7-34(8-11(29)17(9)38-20(36)22(26,27)28)13-2-3-31-6-12(13)33-19(35)15-16-14(37-18(15)30)4-10(5-32-16)21(23,24)25/h2-6,9,11,17H,7-8,29-30H2,1H3,(H,33,35)/t9-,11+,17+/m0/s1. The molecule has 204 valence electrons. The van der Waals surface area contributed by atoms with E-state index in [9.17, 15) is 35.9 Å². The molecule has 3 aromatic rings. The van der Waals surface area contributed by atoms with Crippen LogP contribution in [-0.4, -0.2) is 53.3 Å². The van der Waals surface area contributed by atoms with Crippen LogP contribution in [0, 0.1) is 5.92 Å². The second kappa shape index (κ2) is 9.66. The number of hydrogen-bond donors (Lipinski definition) is 3. The number of esters is 1. The average Bonchev–Trinajstić information content (AvgIpc) is 3.15. The van der Waals surface area contributed by atoms with E-state index in [0.717, 1.165) is 0 Å². The highest BCUT2D eigenvalue weighted by atomic mass is 19.4. The second-order valence-electron chi connectivity index (χ2n) is 8.67. The van der Waals surface area contributed by atoms with Crippen molar-refractivity contribution in [3.05, 3.63) is 41.9 Å². The Hall–Kier alpha value is -4.08. The first-order valence-corrected chi connectivity index (χ1v) is 11.0. The summed E-state index contributed by atoms with van der Waals surface area (Å²) in [5.41, 5.74) is 10.4. The van der Waals surface area contributed by atoms with E-state index in [2.05, 4.69) is 20.0 Å². The maximum atomic E-state index is 13.1. The molecule has 0 radical (unpaired) electrons. The van der Waals surface area contributed by atoms with Crippen LogP contribution in [0.1, 0.15) is 22.8 Å². The fourth-order valence-corrected chi connectivity index (χ4v) is 4.21. The largest absolute Gasteiger partial charge is 0.490 e. The molecule has 0 bridgehead atoms. The Morgan fingerprint density at radius 3 is 2.53 bits per heavy atom. The minimum Gasteiger partial charge on any atom is -0.454 e. The molecule has 10 nitrogen and oxygen atoms in total. The fourth-order valence-electron chi connectivity index (χ4n) is 4.21. The van der Waals surface area contributed by atoms with Gasteiger partial charge in [0.15, 0.2) is 5.58 Å². The van der Waals surface area contributed by atoms with Gasteiger partial charge in [-0.15, -0.1) is 0 Å². The maximum Gasteiger partial charge on any atom is 0.490 e. The number of amides is 1. The van der Waals surface area contributed by atoms with E-state index in [1.807, 2.05) is 0 Å². The maximum absolute atomic E-state index is 13.1. The van der Waals surface area contributed by atoms with Gasteiger partial charge in [0.05, 0.1) is 29.2 Å². The highest BCUT2D eigenvalue weighted by Gasteiger charge is 2.45. The van der Waals surface area contributed by atoms with Crippen LogP contribution in [0.15, 0.2) is 35.1 Å². The van der Waals surface area contributed by atoms with Gasteiger partial charge in [0.2, 0.25) is 5.88 Å². The molecule has 0 saturated carbocycles. The number of piperidine rings is 1. The van der Waals surface area contributed by atoms with Gasteiger partial charge in [0, 0.05) is 31.4 Å². The zero-order valence-corrected chi connectivity index (χ0v) is 19.4. The summed E-state index contributed by atoms with van der Waals surface area (Å²) in [5, 5.41) is 2.56. The lowest BCUT2D eigenvalue weighted by molar-refractivity contribution is -0.208. The first-order valence-electron chi connectivity index (χ1n) is 11.0. The zero-order valence-electron chi connectivity index (χ0n) is 19.4. The van der Waals surface area contributed by atoms with E-state index >= 15 is 0 Å². The molecule has 38 heavy (non-hydrogen) atoms. The van der Waals surface area contributed by atoms with Crippen molar-refractivity contribution in [3.63, 3.8) is 0 Å². The molecular weight excluding hydrogens is 526 g/mol. The van der Waals surface area contributed by atoms with Crippen LogP contribution in [0.5, 0.6) is 0 Å². The summed E-state index contributed by atoms with van der Waals surface area (Å²) in [7, 11) is 0. The van der Waals surface area contributed by atoms with E-state index < -0.39 is 53.7 Å². The normalized spacial score (nSPS) is 20.4. The first kappa shape index (κ1) is 27.0. The van der Waals surface area contributed by atoms with Crippen molar-refractivity contribution in [2.75, 3.05) is 29.0 Å². The van der Waals surface area contributed by atoms with Crippen LogP contribution >= 0.6 is 0 Å². The van der Waals surface area contributed by atoms with Crippen LogP contribution in [0.4, 0.5) is 43.6 Å². The predicted octanol–water partition coefficient (Wildman–Crippen LogP) is 3.33. The molecule has 0 aliphatic carbocycles. The minimum absolute atomic E-state index is 0.0361. The highest BCUT2D eigenvalue weighted by Crippen LogP contribution is 2.35. The van der Waals surface area contributed by atoms with Crippen LogP contribution < -0.4 is 21.7 Å². The molecular formula is C22H20F6N6O4. The van der Waals surface area contributed by atoms with E-state index in [0.29, 0.717) is 18.0 Å². The molecule has 1 fully saturated rings. The molecule has 1 amide bonds. The van der Waals surface area contributed by atoms with Crippen LogP contribution in [-0.2, 0) is 15.7 Å². The van der Waals surface area contributed by atoms with Crippen molar-refractivity contribution in [1.29, 1.82) is 0 Å². The number of anilines is 3. The van der Waals surface area contributed by atoms with Gasteiger partial charge in [-0.05, 0) is 12.1 Å². The number of alkyl halides is 6. The quantitative estimate of drug-likeness (QED) is 0.331. The van der Waals surface area contributed by atoms with Crippen molar-refractivity contribution < 1.29 is 45.1 Å².